The minimum Gasteiger partial charge on any atom is -0.271 e. The third-order valence-electron chi connectivity index (χ3n) is 3.81. The fourth-order valence-corrected chi connectivity index (χ4v) is 2.82. The second kappa shape index (κ2) is 29.2. The van der Waals surface area contributed by atoms with Gasteiger partial charge in [-0.1, -0.05) is 6.07 Å². The van der Waals surface area contributed by atoms with Gasteiger partial charge in [0.05, 0.1) is 0 Å². The van der Waals surface area contributed by atoms with Gasteiger partial charge in [0.2, 0.25) is 0 Å². The molecule has 1 aromatic heterocycles. The van der Waals surface area contributed by atoms with Crippen LogP contribution >= 0.6 is 33.0 Å². The minimum absolute atomic E-state index is 0. The maximum Gasteiger partial charge on any atom is -0.0809 e. The Morgan fingerprint density at radius 2 is 1.05 bits per heavy atom. The minimum atomic E-state index is 0. The molecule has 1 heterocycles. The molecule has 0 aliphatic carbocycles. The third-order valence-corrected chi connectivity index (χ3v) is 4.50. The quantitative estimate of drug-likeness (QED) is 0.146. The molecule has 38 heavy (non-hydrogen) atoms. The molecule has 0 N–H and O–H groups in total. The van der Waals surface area contributed by atoms with Gasteiger partial charge in [0.25, 0.3) is 0 Å². The number of hydrogen-bond donors (Lipinski definition) is 0. The van der Waals surface area contributed by atoms with Gasteiger partial charge in [-0.05, 0) is 0 Å². The predicted molar refractivity (Wildman–Crippen MR) is 171 cm³/mol. The van der Waals surface area contributed by atoms with Crippen molar-refractivity contribution in [2.75, 3.05) is 0 Å². The molecule has 1 unspecified atom stereocenters. The van der Waals surface area contributed by atoms with Crippen molar-refractivity contribution in [1.29, 1.82) is 0 Å². The number of rotatable bonds is 0. The zero-order chi connectivity index (χ0) is 25.9. The molecule has 0 fully saturated rings. The van der Waals surface area contributed by atoms with Crippen molar-refractivity contribution in [3.05, 3.63) is 175 Å². The summed E-state index contributed by atoms with van der Waals surface area (Å²) in [5.74, 6) is 5.11. The van der Waals surface area contributed by atoms with Crippen molar-refractivity contribution in [3.8, 4) is 0 Å². The summed E-state index contributed by atoms with van der Waals surface area (Å²) in [7, 11) is 0.823. The average molecular weight is 636 g/mol. The maximum atomic E-state index is 3.01. The third kappa shape index (κ3) is 25.3. The van der Waals surface area contributed by atoms with Gasteiger partial charge in [-0.2, -0.15) is 144 Å². The molecule has 0 nitrogen and oxygen atoms in total. The molecule has 0 aliphatic heterocycles. The van der Waals surface area contributed by atoms with Crippen LogP contribution in [0.4, 0.5) is 0 Å². The van der Waals surface area contributed by atoms with Crippen LogP contribution in [0.3, 0.4) is 0 Å². The van der Waals surface area contributed by atoms with Gasteiger partial charge in [0.1, 0.15) is 0 Å². The van der Waals surface area contributed by atoms with Crippen LogP contribution in [-0.2, 0) is 24.2 Å². The maximum absolute atomic E-state index is 3.01. The number of fused-ring (bicyclic) bond motifs is 1. The number of halogens is 2. The topological polar surface area (TPSA) is 0 Å². The van der Waals surface area contributed by atoms with E-state index >= 15 is 0 Å². The second-order valence-electron chi connectivity index (χ2n) is 7.20. The first-order valence-corrected chi connectivity index (χ1v) is 13.9. The van der Waals surface area contributed by atoms with Crippen LogP contribution in [0, 0.1) is 24.0 Å². The summed E-state index contributed by atoms with van der Waals surface area (Å²) >= 11 is 1.55. The van der Waals surface area contributed by atoms with E-state index in [0.717, 1.165) is 8.19 Å². The van der Waals surface area contributed by atoms with Gasteiger partial charge in [-0.15, -0.1) is 54.5 Å². The molecule has 6 rings (SSSR count). The first-order valence-electron chi connectivity index (χ1n) is 11.5. The van der Waals surface area contributed by atoms with Crippen LogP contribution in [0.25, 0.3) is 10.8 Å². The molecule has 0 amide bonds. The van der Waals surface area contributed by atoms with Crippen molar-refractivity contribution >= 4 is 47.0 Å². The molecule has 0 saturated heterocycles. The van der Waals surface area contributed by atoms with Crippen LogP contribution in [0.15, 0.2) is 151 Å². The zero-order valence-corrected chi connectivity index (χ0v) is 26.8. The molecule has 0 radical (unpaired) electrons. The summed E-state index contributed by atoms with van der Waals surface area (Å²) in [5.41, 5.74) is 0. The van der Waals surface area contributed by atoms with E-state index in [1.54, 1.807) is 24.2 Å². The van der Waals surface area contributed by atoms with Crippen LogP contribution in [-0.4, -0.2) is 3.21 Å². The fraction of sp³-hybridized carbons (Fsp3) is 0.0588. The van der Waals surface area contributed by atoms with Gasteiger partial charge >= 0.3 is 41.3 Å². The van der Waals surface area contributed by atoms with Crippen LogP contribution in [0.1, 0.15) is 13.8 Å². The molecule has 0 aliphatic rings. The fourth-order valence-electron chi connectivity index (χ4n) is 2.34. The molecule has 1 atom stereocenters. The molecular weight excluding hydrogens is 601 g/mol. The van der Waals surface area contributed by atoms with E-state index in [4.69, 9.17) is 0 Å². The first-order chi connectivity index (χ1) is 17.7. The smallest absolute Gasteiger partial charge is 0.0809 e. The SMILES string of the molecule is C[C](C)=[Zr].Cl.Cl.[c-]1ccc[pH]1.[c-]1ccccc1.[c-]1ccccc1.[c-]1ccccc1.c1ccc2[cH-]ccc2c1. The summed E-state index contributed by atoms with van der Waals surface area (Å²) in [6.45, 7) is 4.25. The van der Waals surface area contributed by atoms with Crippen LogP contribution < -0.4 is 0 Å². The summed E-state index contributed by atoms with van der Waals surface area (Å²) < 4.78 is 1.51. The standard InChI is InChI=1S/C9H7.3C6H5.C4H4P.C3H6.2ClH.Zr/c1-2-5-9-7-3-6-8(9)4-1;3*1-2-4-6-5-3-1;1-2-4-5-3-1;1-3-2;;;/h1-7H;3*1-5H;1-3,5H;1-2H3;2*1H;/q5*-1;;;;. The van der Waals surface area contributed by atoms with E-state index < -0.39 is 0 Å². The Kier molecular flexibility index (Phi) is 29.0. The molecule has 6 aromatic rings. The Balaban J connectivity index is 0. The Morgan fingerprint density at radius 1 is 0.605 bits per heavy atom. The van der Waals surface area contributed by atoms with E-state index in [1.165, 1.54) is 14.0 Å². The normalized spacial score (nSPS) is 8.13. The monoisotopic (exact) mass is 633 g/mol. The largest absolute Gasteiger partial charge is 0.271 e. The number of benzene rings is 4. The predicted octanol–water partition coefficient (Wildman–Crippen LogP) is 10.1. The molecule has 0 saturated carbocycles. The van der Waals surface area contributed by atoms with Gasteiger partial charge < -0.3 is 0 Å². The summed E-state index contributed by atoms with van der Waals surface area (Å²) in [6.07, 6.45) is 0. The van der Waals surface area contributed by atoms with E-state index in [-0.39, 0.29) is 24.8 Å². The van der Waals surface area contributed by atoms with E-state index in [2.05, 4.69) is 86.1 Å². The van der Waals surface area contributed by atoms with E-state index in [0.29, 0.717) is 0 Å². The van der Waals surface area contributed by atoms with E-state index in [1.807, 2.05) is 103 Å². The molecular formula is C34H34Cl2PZr-5. The van der Waals surface area contributed by atoms with Gasteiger partial charge in [0, 0.05) is 0 Å². The summed E-state index contributed by atoms with van der Waals surface area (Å²) in [5, 5.41) is 2.66. The van der Waals surface area contributed by atoms with Crippen LogP contribution in [0.5, 0.6) is 0 Å². The van der Waals surface area contributed by atoms with Gasteiger partial charge in [0.15, 0.2) is 0 Å². The van der Waals surface area contributed by atoms with Crippen molar-refractivity contribution in [2.45, 2.75) is 13.8 Å². The van der Waals surface area contributed by atoms with Gasteiger partial charge in [-0.3, -0.25) is 8.19 Å². The number of hydrogen-bond acceptors (Lipinski definition) is 0. The van der Waals surface area contributed by atoms with Crippen LogP contribution in [0.2, 0.25) is 0 Å². The Labute approximate surface area is 258 Å². The van der Waals surface area contributed by atoms with Gasteiger partial charge in [-0.25, -0.2) is 6.07 Å². The average Bonchev–Trinajstić information content (AvgIpc) is 3.68. The summed E-state index contributed by atoms with van der Waals surface area (Å²) in [6, 6.07) is 56.1. The van der Waals surface area contributed by atoms with Crippen molar-refractivity contribution in [3.63, 3.8) is 0 Å². The molecule has 5 aromatic carbocycles. The van der Waals surface area contributed by atoms with Crippen molar-refractivity contribution in [1.82, 2.24) is 0 Å². The molecule has 0 bridgehead atoms. The molecule has 0 spiro atoms. The Morgan fingerprint density at radius 3 is 1.32 bits per heavy atom. The second-order valence-corrected chi connectivity index (χ2v) is 10.6. The first kappa shape index (κ1) is 37.8. The zero-order valence-electron chi connectivity index (χ0n) is 21.8. The Hall–Kier alpha value is -2.40. The molecule has 4 heteroatoms. The van der Waals surface area contributed by atoms with Crippen molar-refractivity contribution < 1.29 is 24.2 Å². The molecule has 198 valence electrons. The van der Waals surface area contributed by atoms with Crippen molar-refractivity contribution in [2.24, 2.45) is 0 Å². The Bertz CT molecular complexity index is 1000. The summed E-state index contributed by atoms with van der Waals surface area (Å²) in [4.78, 5) is 0. The van der Waals surface area contributed by atoms with E-state index in [9.17, 15) is 0 Å².